The topological polar surface area (TPSA) is 26.9 Å². The Bertz CT molecular complexity index is 432. The molecule has 0 unspecified atom stereocenters. The molecule has 2 aromatic rings. The van der Waals surface area contributed by atoms with E-state index in [1.54, 1.807) is 12.3 Å². The quantitative estimate of drug-likeness (QED) is 0.479. The van der Waals surface area contributed by atoms with Gasteiger partial charge in [-0.15, -0.1) is 0 Å². The smallest absolute Gasteiger partial charge is 0.226 e. The molecule has 0 saturated carbocycles. The van der Waals surface area contributed by atoms with E-state index >= 15 is 0 Å². The maximum absolute atomic E-state index is 11.5. The molecule has 0 fully saturated rings. The molecule has 0 bridgehead atoms. The highest BCUT2D eigenvalue weighted by atomic mass is 16.5. The number of fused-ring (bicyclic) bond motifs is 1. The van der Waals surface area contributed by atoms with E-state index in [2.05, 4.69) is 6.92 Å². The summed E-state index contributed by atoms with van der Waals surface area (Å²) >= 11 is 0. The normalized spacial score (nSPS) is 10.5. The van der Waals surface area contributed by atoms with Gasteiger partial charge in [-0.05, 0) is 18.6 Å². The van der Waals surface area contributed by atoms with Crippen molar-refractivity contribution in [3.8, 4) is 0 Å². The Labute approximate surface area is 77.0 Å². The van der Waals surface area contributed by atoms with Crippen LogP contribution in [0, 0.1) is 5.21 Å². The van der Waals surface area contributed by atoms with Gasteiger partial charge in [0.05, 0.1) is 0 Å². The van der Waals surface area contributed by atoms with E-state index in [9.17, 15) is 5.21 Å². The number of pyridine rings is 1. The minimum atomic E-state index is 0.799. The summed E-state index contributed by atoms with van der Waals surface area (Å²) in [7, 11) is 0. The largest absolute Gasteiger partial charge is 0.618 e. The van der Waals surface area contributed by atoms with Gasteiger partial charge < -0.3 is 5.21 Å². The van der Waals surface area contributed by atoms with Crippen molar-refractivity contribution < 1.29 is 4.73 Å². The van der Waals surface area contributed by atoms with Gasteiger partial charge in [0.2, 0.25) is 5.52 Å². The molecular formula is C11H11NO. The van der Waals surface area contributed by atoms with Gasteiger partial charge >= 0.3 is 0 Å². The third-order valence-corrected chi connectivity index (χ3v) is 2.25. The fourth-order valence-corrected chi connectivity index (χ4v) is 1.60. The molecule has 13 heavy (non-hydrogen) atoms. The number of aryl methyl sites for hydroxylation is 1. The van der Waals surface area contributed by atoms with Crippen molar-refractivity contribution in [2.75, 3.05) is 0 Å². The van der Waals surface area contributed by atoms with Crippen LogP contribution in [0.2, 0.25) is 0 Å². The van der Waals surface area contributed by atoms with Crippen LogP contribution in [0.15, 0.2) is 36.5 Å². The second-order valence-corrected chi connectivity index (χ2v) is 3.04. The molecule has 0 aliphatic heterocycles. The molecule has 0 radical (unpaired) electrons. The number of rotatable bonds is 1. The van der Waals surface area contributed by atoms with Crippen molar-refractivity contribution in [2.24, 2.45) is 0 Å². The number of nitrogens with zero attached hydrogens (tertiary/aromatic N) is 1. The van der Waals surface area contributed by atoms with E-state index < -0.39 is 0 Å². The molecular weight excluding hydrogens is 162 g/mol. The van der Waals surface area contributed by atoms with E-state index in [1.165, 1.54) is 0 Å². The molecule has 2 heteroatoms. The van der Waals surface area contributed by atoms with Crippen LogP contribution in [0.4, 0.5) is 0 Å². The average molecular weight is 173 g/mol. The number of benzene rings is 1. The highest BCUT2D eigenvalue weighted by Crippen LogP contribution is 2.14. The zero-order chi connectivity index (χ0) is 9.26. The molecule has 0 spiro atoms. The molecule has 0 aliphatic rings. The summed E-state index contributed by atoms with van der Waals surface area (Å²) in [4.78, 5) is 0. The van der Waals surface area contributed by atoms with Crippen LogP contribution < -0.4 is 4.73 Å². The van der Waals surface area contributed by atoms with Crippen molar-refractivity contribution in [1.29, 1.82) is 0 Å². The zero-order valence-electron chi connectivity index (χ0n) is 7.53. The first-order chi connectivity index (χ1) is 6.33. The summed E-state index contributed by atoms with van der Waals surface area (Å²) in [6.45, 7) is 2.06. The van der Waals surface area contributed by atoms with Gasteiger partial charge in [-0.25, -0.2) is 0 Å². The van der Waals surface area contributed by atoms with E-state index in [0.29, 0.717) is 0 Å². The Morgan fingerprint density at radius 2 is 2.00 bits per heavy atom. The lowest BCUT2D eigenvalue weighted by molar-refractivity contribution is -0.577. The third-order valence-electron chi connectivity index (χ3n) is 2.25. The van der Waals surface area contributed by atoms with Crippen molar-refractivity contribution >= 4 is 10.9 Å². The highest BCUT2D eigenvalue weighted by molar-refractivity contribution is 5.78. The summed E-state index contributed by atoms with van der Waals surface area (Å²) in [6, 6.07) is 9.68. The Balaban J connectivity index is 2.87. The highest BCUT2D eigenvalue weighted by Gasteiger charge is 2.06. The van der Waals surface area contributed by atoms with Gasteiger partial charge in [0.15, 0.2) is 6.20 Å². The molecule has 2 rings (SSSR count). The fraction of sp³-hybridized carbons (Fsp3) is 0.182. The van der Waals surface area contributed by atoms with E-state index in [-0.39, 0.29) is 0 Å². The maximum Gasteiger partial charge on any atom is 0.226 e. The van der Waals surface area contributed by atoms with E-state index in [4.69, 9.17) is 0 Å². The third kappa shape index (κ3) is 1.24. The lowest BCUT2D eigenvalue weighted by atomic mass is 10.1. The molecule has 0 atom stereocenters. The average Bonchev–Trinajstić information content (AvgIpc) is 2.17. The SMILES string of the molecule is CCc1cccc2ccc[n+]([O-])c12. The second kappa shape index (κ2) is 3.05. The molecule has 66 valence electrons. The molecule has 0 aliphatic carbocycles. The molecule has 0 N–H and O–H groups in total. The minimum absolute atomic E-state index is 0.799. The Morgan fingerprint density at radius 1 is 1.23 bits per heavy atom. The number of hydrogen-bond acceptors (Lipinski definition) is 1. The van der Waals surface area contributed by atoms with Gasteiger partial charge in [-0.3, -0.25) is 0 Å². The van der Waals surface area contributed by atoms with Crippen LogP contribution in [0.3, 0.4) is 0 Å². The van der Waals surface area contributed by atoms with Crippen molar-refractivity contribution in [1.82, 2.24) is 0 Å². The Kier molecular flexibility index (Phi) is 1.89. The molecule has 2 nitrogen and oxygen atoms in total. The maximum atomic E-state index is 11.5. The monoisotopic (exact) mass is 173 g/mol. The molecule has 0 amide bonds. The van der Waals surface area contributed by atoms with Gasteiger partial charge in [0.1, 0.15) is 0 Å². The zero-order valence-corrected chi connectivity index (χ0v) is 7.53. The predicted octanol–water partition coefficient (Wildman–Crippen LogP) is 2.04. The first-order valence-electron chi connectivity index (χ1n) is 4.42. The summed E-state index contributed by atoms with van der Waals surface area (Å²) < 4.78 is 0.939. The van der Waals surface area contributed by atoms with Gasteiger partial charge in [-0.2, -0.15) is 4.73 Å². The Hall–Kier alpha value is -1.57. The lowest BCUT2D eigenvalue weighted by Gasteiger charge is -2.04. The first-order valence-corrected chi connectivity index (χ1v) is 4.42. The minimum Gasteiger partial charge on any atom is -0.618 e. The first kappa shape index (κ1) is 8.05. The summed E-state index contributed by atoms with van der Waals surface area (Å²) in [5.74, 6) is 0. The van der Waals surface area contributed by atoms with Crippen LogP contribution in [0.1, 0.15) is 12.5 Å². The van der Waals surface area contributed by atoms with Crippen LogP contribution in [-0.2, 0) is 6.42 Å². The number of hydrogen-bond donors (Lipinski definition) is 0. The van der Waals surface area contributed by atoms with E-state index in [1.807, 2.05) is 24.3 Å². The van der Waals surface area contributed by atoms with Crippen molar-refractivity contribution in [3.05, 3.63) is 47.3 Å². The van der Waals surface area contributed by atoms with Crippen LogP contribution in [0.25, 0.3) is 10.9 Å². The van der Waals surface area contributed by atoms with Gasteiger partial charge in [-0.1, -0.05) is 19.1 Å². The van der Waals surface area contributed by atoms with Crippen LogP contribution in [-0.4, -0.2) is 0 Å². The summed E-state index contributed by atoms with van der Waals surface area (Å²) in [5.41, 5.74) is 1.90. The molecule has 1 aromatic heterocycles. The molecule has 1 heterocycles. The number of para-hydroxylation sites is 1. The standard InChI is InChI=1S/C11H11NO/c1-2-9-5-3-6-10-7-4-8-12(13)11(9)10/h3-8H,2H2,1H3. The lowest BCUT2D eigenvalue weighted by Crippen LogP contribution is -2.26. The summed E-state index contributed by atoms with van der Waals surface area (Å²) in [5, 5.41) is 12.5. The van der Waals surface area contributed by atoms with E-state index in [0.717, 1.165) is 27.6 Å². The predicted molar refractivity (Wildman–Crippen MR) is 52.3 cm³/mol. The molecule has 0 saturated heterocycles. The van der Waals surface area contributed by atoms with Crippen LogP contribution >= 0.6 is 0 Å². The number of aromatic nitrogens is 1. The van der Waals surface area contributed by atoms with Crippen molar-refractivity contribution in [3.63, 3.8) is 0 Å². The van der Waals surface area contributed by atoms with Gasteiger partial charge in [0.25, 0.3) is 0 Å². The Morgan fingerprint density at radius 3 is 2.77 bits per heavy atom. The second-order valence-electron chi connectivity index (χ2n) is 3.04. The van der Waals surface area contributed by atoms with Crippen LogP contribution in [0.5, 0.6) is 0 Å². The molecule has 1 aromatic carbocycles. The van der Waals surface area contributed by atoms with Gasteiger partial charge in [0, 0.05) is 17.0 Å². The fourth-order valence-electron chi connectivity index (χ4n) is 1.60. The summed E-state index contributed by atoms with van der Waals surface area (Å²) in [6.07, 6.45) is 2.44. The van der Waals surface area contributed by atoms with Crippen molar-refractivity contribution in [2.45, 2.75) is 13.3 Å².